The molecule has 0 saturated carbocycles. The van der Waals surface area contributed by atoms with Gasteiger partial charge in [0.1, 0.15) is 22.3 Å². The molecule has 0 bridgehead atoms. The van der Waals surface area contributed by atoms with Gasteiger partial charge in [-0.05, 0) is 107 Å². The fourth-order valence-electron chi connectivity index (χ4n) is 8.67. The highest BCUT2D eigenvalue weighted by Gasteiger charge is 2.18. The van der Waals surface area contributed by atoms with Crippen molar-refractivity contribution in [3.8, 4) is 33.4 Å². The van der Waals surface area contributed by atoms with Gasteiger partial charge in [0.2, 0.25) is 0 Å². The normalized spacial score (nSPS) is 11.8. The summed E-state index contributed by atoms with van der Waals surface area (Å²) in [5.41, 5.74) is 13.6. The number of anilines is 3. The minimum absolute atomic E-state index is 0.894. The van der Waals surface area contributed by atoms with Gasteiger partial charge in [-0.2, -0.15) is 0 Å². The van der Waals surface area contributed by atoms with E-state index in [1.165, 1.54) is 31.3 Å². The lowest BCUT2D eigenvalue weighted by Crippen LogP contribution is -2.10. The van der Waals surface area contributed by atoms with Gasteiger partial charge in [0.25, 0.3) is 0 Å². The van der Waals surface area contributed by atoms with Crippen molar-refractivity contribution < 1.29 is 8.83 Å². The van der Waals surface area contributed by atoms with Crippen LogP contribution < -0.4 is 4.90 Å². The Morgan fingerprint density at radius 1 is 0.310 bits per heavy atom. The average Bonchev–Trinajstić information content (AvgIpc) is 3.98. The number of hydrogen-bond donors (Lipinski definition) is 0. The minimum atomic E-state index is 0.894. The zero-order chi connectivity index (χ0) is 38.2. The van der Waals surface area contributed by atoms with Crippen LogP contribution in [0.2, 0.25) is 0 Å². The maximum absolute atomic E-state index is 6.50. The topological polar surface area (TPSA) is 29.5 Å². The predicted octanol–water partition coefficient (Wildman–Crippen LogP) is 16.3. The van der Waals surface area contributed by atoms with Crippen LogP contribution in [0.3, 0.4) is 0 Å². The number of para-hydroxylation sites is 3. The molecule has 3 heterocycles. The summed E-state index contributed by atoms with van der Waals surface area (Å²) >= 11 is 1.85. The standard InChI is InChI=1S/C54H33NO2S/c1-5-20-50-43(14-1)46-18-9-17-42(54(46)57-50)38-11-8-13-41(31-38)55(39-26-22-34(23-27-39)36-25-29-53-48(33-36)45-16-3-6-21-52(45)58-53)40-12-7-10-35(30-40)37-24-28-51-47(32-37)44-15-2-4-19-49(44)56-51/h1-33H. The molecule has 3 nitrogen and oxygen atoms in total. The molecule has 0 aliphatic carbocycles. The van der Waals surface area contributed by atoms with Gasteiger partial charge in [0.15, 0.2) is 0 Å². The molecule has 4 heteroatoms. The molecule has 58 heavy (non-hydrogen) atoms. The van der Waals surface area contributed by atoms with E-state index < -0.39 is 0 Å². The van der Waals surface area contributed by atoms with E-state index in [-0.39, 0.29) is 0 Å². The molecule has 0 aliphatic rings. The summed E-state index contributed by atoms with van der Waals surface area (Å²) in [6, 6.07) is 71.6. The maximum Gasteiger partial charge on any atom is 0.143 e. The fraction of sp³-hybridized carbons (Fsp3) is 0. The molecule has 0 spiro atoms. The summed E-state index contributed by atoms with van der Waals surface area (Å²) in [4.78, 5) is 2.36. The summed E-state index contributed by atoms with van der Waals surface area (Å²) in [5.74, 6) is 0. The molecule has 0 aliphatic heterocycles. The van der Waals surface area contributed by atoms with Crippen LogP contribution >= 0.6 is 11.3 Å². The fourth-order valence-corrected chi connectivity index (χ4v) is 9.76. The molecule has 0 N–H and O–H groups in total. The third-order valence-electron chi connectivity index (χ3n) is 11.5. The van der Waals surface area contributed by atoms with Gasteiger partial charge in [0.05, 0.1) is 0 Å². The second-order valence-electron chi connectivity index (χ2n) is 14.9. The van der Waals surface area contributed by atoms with E-state index in [2.05, 4.69) is 181 Å². The largest absolute Gasteiger partial charge is 0.456 e. The van der Waals surface area contributed by atoms with Gasteiger partial charge in [-0.3, -0.25) is 0 Å². The van der Waals surface area contributed by atoms with Gasteiger partial charge in [-0.15, -0.1) is 11.3 Å². The van der Waals surface area contributed by atoms with Gasteiger partial charge in [-0.1, -0.05) is 121 Å². The van der Waals surface area contributed by atoms with Crippen molar-refractivity contribution in [2.75, 3.05) is 4.90 Å². The number of fused-ring (bicyclic) bond motifs is 9. The Labute approximate surface area is 338 Å². The lowest BCUT2D eigenvalue weighted by atomic mass is 9.99. The van der Waals surface area contributed by atoms with Gasteiger partial charge in [0, 0.05) is 64.3 Å². The molecule has 0 amide bonds. The smallest absolute Gasteiger partial charge is 0.143 e. The van der Waals surface area contributed by atoms with Crippen molar-refractivity contribution in [3.05, 3.63) is 200 Å². The second-order valence-corrected chi connectivity index (χ2v) is 16.0. The Hall–Kier alpha value is -7.40. The van der Waals surface area contributed by atoms with Crippen molar-refractivity contribution in [1.82, 2.24) is 0 Å². The van der Waals surface area contributed by atoms with E-state index in [1.54, 1.807) is 0 Å². The van der Waals surface area contributed by atoms with E-state index in [9.17, 15) is 0 Å². The van der Waals surface area contributed by atoms with Crippen LogP contribution in [0, 0.1) is 0 Å². The van der Waals surface area contributed by atoms with E-state index >= 15 is 0 Å². The van der Waals surface area contributed by atoms with E-state index in [4.69, 9.17) is 8.83 Å². The molecule has 3 aromatic heterocycles. The third kappa shape index (κ3) is 5.34. The molecule has 0 saturated heterocycles. The Morgan fingerprint density at radius 3 is 1.69 bits per heavy atom. The molecule has 12 rings (SSSR count). The predicted molar refractivity (Wildman–Crippen MR) is 245 cm³/mol. The quantitative estimate of drug-likeness (QED) is 0.169. The zero-order valence-corrected chi connectivity index (χ0v) is 32.0. The lowest BCUT2D eigenvalue weighted by molar-refractivity contribution is 0.669. The van der Waals surface area contributed by atoms with Gasteiger partial charge in [-0.25, -0.2) is 0 Å². The number of hydrogen-bond acceptors (Lipinski definition) is 4. The van der Waals surface area contributed by atoms with E-state index in [0.29, 0.717) is 0 Å². The Kier molecular flexibility index (Phi) is 7.40. The second kappa shape index (κ2) is 13.1. The van der Waals surface area contributed by atoms with Crippen LogP contribution in [0.4, 0.5) is 17.1 Å². The van der Waals surface area contributed by atoms with Crippen LogP contribution in [0.15, 0.2) is 209 Å². The summed E-state index contributed by atoms with van der Waals surface area (Å²) < 4.78 is 15.3. The summed E-state index contributed by atoms with van der Waals surface area (Å²) in [7, 11) is 0. The van der Waals surface area contributed by atoms with Crippen LogP contribution in [-0.2, 0) is 0 Å². The number of nitrogens with zero attached hydrogens (tertiary/aromatic N) is 1. The van der Waals surface area contributed by atoms with Crippen molar-refractivity contribution in [1.29, 1.82) is 0 Å². The minimum Gasteiger partial charge on any atom is -0.456 e. The summed E-state index contributed by atoms with van der Waals surface area (Å²) in [5, 5.41) is 7.10. The first kappa shape index (κ1) is 32.8. The van der Waals surface area contributed by atoms with Crippen molar-refractivity contribution >= 4 is 92.4 Å². The molecule has 0 unspecified atom stereocenters. The molecular formula is C54H33NO2S. The zero-order valence-electron chi connectivity index (χ0n) is 31.2. The molecule has 12 aromatic rings. The number of benzene rings is 9. The Balaban J connectivity index is 0.991. The molecule has 0 atom stereocenters. The maximum atomic E-state index is 6.50. The highest BCUT2D eigenvalue weighted by atomic mass is 32.1. The number of furan rings is 2. The molecule has 272 valence electrons. The molecule has 9 aromatic carbocycles. The molecule has 0 fully saturated rings. The highest BCUT2D eigenvalue weighted by Crippen LogP contribution is 2.43. The van der Waals surface area contributed by atoms with Crippen molar-refractivity contribution in [2.24, 2.45) is 0 Å². The third-order valence-corrected chi connectivity index (χ3v) is 12.6. The van der Waals surface area contributed by atoms with Gasteiger partial charge < -0.3 is 13.7 Å². The SMILES string of the molecule is c1cc(-c2ccc3oc4ccccc4c3c2)cc(N(c2ccc(-c3ccc4sc5ccccc5c4c3)cc2)c2cccc(-c3cccc4c3oc3ccccc34)c2)c1. The average molecular weight is 760 g/mol. The lowest BCUT2D eigenvalue weighted by Gasteiger charge is -2.27. The van der Waals surface area contributed by atoms with E-state index in [0.717, 1.165) is 83.2 Å². The van der Waals surface area contributed by atoms with Crippen LogP contribution in [-0.4, -0.2) is 0 Å². The Morgan fingerprint density at radius 2 is 0.862 bits per heavy atom. The highest BCUT2D eigenvalue weighted by molar-refractivity contribution is 7.25. The number of thiophene rings is 1. The first-order valence-corrected chi connectivity index (χ1v) is 20.4. The summed E-state index contributed by atoms with van der Waals surface area (Å²) in [6.07, 6.45) is 0. The van der Waals surface area contributed by atoms with Crippen LogP contribution in [0.25, 0.3) is 97.4 Å². The van der Waals surface area contributed by atoms with Crippen LogP contribution in [0.1, 0.15) is 0 Å². The first-order valence-electron chi connectivity index (χ1n) is 19.6. The monoisotopic (exact) mass is 759 g/mol. The van der Waals surface area contributed by atoms with Crippen molar-refractivity contribution in [2.45, 2.75) is 0 Å². The molecule has 0 radical (unpaired) electrons. The first-order chi connectivity index (χ1) is 28.7. The summed E-state index contributed by atoms with van der Waals surface area (Å²) in [6.45, 7) is 0. The van der Waals surface area contributed by atoms with E-state index in [1.807, 2.05) is 35.6 Å². The van der Waals surface area contributed by atoms with Gasteiger partial charge >= 0.3 is 0 Å². The number of rotatable bonds is 6. The molecular weight excluding hydrogens is 727 g/mol. The van der Waals surface area contributed by atoms with Crippen molar-refractivity contribution in [3.63, 3.8) is 0 Å². The van der Waals surface area contributed by atoms with Crippen LogP contribution in [0.5, 0.6) is 0 Å². The Bertz CT molecular complexity index is 3530.